The van der Waals surface area contributed by atoms with E-state index in [0.717, 1.165) is 10.4 Å². The van der Waals surface area contributed by atoms with Gasteiger partial charge in [-0.25, -0.2) is 0 Å². The summed E-state index contributed by atoms with van der Waals surface area (Å²) in [5.74, 6) is -0.849. The Kier molecular flexibility index (Phi) is 5.63. The summed E-state index contributed by atoms with van der Waals surface area (Å²) in [5.41, 5.74) is 1.36. The summed E-state index contributed by atoms with van der Waals surface area (Å²) in [4.78, 5) is 32.2. The molecule has 6 nitrogen and oxygen atoms in total. The summed E-state index contributed by atoms with van der Waals surface area (Å²) in [5, 5.41) is 12.9. The second-order valence-corrected chi connectivity index (χ2v) is 7.74. The van der Waals surface area contributed by atoms with Crippen LogP contribution in [0, 0.1) is 0 Å². The topological polar surface area (TPSA) is 79.7 Å². The number of ketones is 1. The number of aliphatic hydroxyl groups is 1. The highest BCUT2D eigenvalue weighted by atomic mass is 32.1. The third-order valence-corrected chi connectivity index (χ3v) is 5.79. The second kappa shape index (κ2) is 8.51. The molecule has 30 heavy (non-hydrogen) atoms. The van der Waals surface area contributed by atoms with E-state index >= 15 is 0 Å². The fraction of sp³-hybridized carbons (Fsp3) is 0.174. The molecule has 1 aliphatic rings. The van der Waals surface area contributed by atoms with Gasteiger partial charge in [-0.05, 0) is 54.3 Å². The molecule has 3 heterocycles. The van der Waals surface area contributed by atoms with E-state index in [9.17, 15) is 14.7 Å². The number of likely N-dealkylation sites (tertiary alicyclic amines) is 1. The van der Waals surface area contributed by atoms with Crippen LogP contribution in [0.2, 0.25) is 0 Å². The van der Waals surface area contributed by atoms with Crippen LogP contribution in [0.15, 0.2) is 71.9 Å². The van der Waals surface area contributed by atoms with Gasteiger partial charge in [-0.15, -0.1) is 11.3 Å². The van der Waals surface area contributed by atoms with Gasteiger partial charge in [0.25, 0.3) is 11.7 Å². The van der Waals surface area contributed by atoms with Crippen LogP contribution in [0.5, 0.6) is 5.75 Å². The molecule has 1 fully saturated rings. The first-order valence-corrected chi connectivity index (χ1v) is 10.4. The molecule has 1 atom stereocenters. The first kappa shape index (κ1) is 19.8. The molecule has 0 aliphatic carbocycles. The smallest absolute Gasteiger partial charge is 0.295 e. The molecule has 0 saturated carbocycles. The number of aliphatic hydroxyl groups excluding tert-OH is 1. The lowest BCUT2D eigenvalue weighted by Crippen LogP contribution is -2.28. The number of carbonyl (C=O) groups excluding carboxylic acids is 2. The van der Waals surface area contributed by atoms with Gasteiger partial charge >= 0.3 is 0 Å². The average molecular weight is 420 g/mol. The lowest BCUT2D eigenvalue weighted by molar-refractivity contribution is -0.140. The molecule has 1 unspecified atom stereocenters. The molecule has 1 N–H and O–H groups in total. The highest BCUT2D eigenvalue weighted by molar-refractivity contribution is 7.10. The Balaban J connectivity index is 1.78. The minimum atomic E-state index is -0.691. The normalized spacial score (nSPS) is 18.0. The summed E-state index contributed by atoms with van der Waals surface area (Å²) in [6.45, 7) is 2.64. The number of thiophene rings is 1. The minimum Gasteiger partial charge on any atom is -0.507 e. The van der Waals surface area contributed by atoms with Gasteiger partial charge in [-0.1, -0.05) is 12.1 Å². The van der Waals surface area contributed by atoms with Crippen molar-refractivity contribution in [3.8, 4) is 5.75 Å². The molecule has 0 spiro atoms. The van der Waals surface area contributed by atoms with E-state index in [1.54, 1.807) is 42.7 Å². The predicted molar refractivity (Wildman–Crippen MR) is 114 cm³/mol. The highest BCUT2D eigenvalue weighted by Crippen LogP contribution is 2.41. The number of hydrogen-bond donors (Lipinski definition) is 1. The molecule has 1 aliphatic heterocycles. The van der Waals surface area contributed by atoms with Gasteiger partial charge in [0.05, 0.1) is 18.2 Å². The molecule has 0 radical (unpaired) electrons. The number of carbonyl (C=O) groups is 2. The SMILES string of the molecule is CCOc1ccc(/C(O)=C2/C(=O)C(=O)N(Cc3cccnc3)C2c2cccs2)cc1. The maximum Gasteiger partial charge on any atom is 0.295 e. The quantitative estimate of drug-likeness (QED) is 0.368. The predicted octanol–water partition coefficient (Wildman–Crippen LogP) is 4.16. The standard InChI is InChI=1S/C23H20N2O4S/c1-2-29-17-9-7-16(8-10-17)21(26)19-20(18-6-4-12-30-18)25(23(28)22(19)27)14-15-5-3-11-24-13-15/h3-13,20,26H,2,14H2,1H3/b21-19-. The summed E-state index contributed by atoms with van der Waals surface area (Å²) >= 11 is 1.44. The van der Waals surface area contributed by atoms with Crippen LogP contribution in [-0.2, 0) is 16.1 Å². The number of ether oxygens (including phenoxy) is 1. The Morgan fingerprint density at radius 2 is 1.97 bits per heavy atom. The van der Waals surface area contributed by atoms with E-state index in [1.807, 2.05) is 30.5 Å². The van der Waals surface area contributed by atoms with E-state index in [-0.39, 0.29) is 17.9 Å². The number of amides is 1. The van der Waals surface area contributed by atoms with E-state index in [0.29, 0.717) is 17.9 Å². The molecule has 3 aromatic rings. The number of nitrogens with zero attached hydrogens (tertiary/aromatic N) is 2. The van der Waals surface area contributed by atoms with Crippen LogP contribution in [0.4, 0.5) is 0 Å². The van der Waals surface area contributed by atoms with Gasteiger partial charge in [0.1, 0.15) is 11.5 Å². The molecule has 4 rings (SSSR count). The Morgan fingerprint density at radius 3 is 2.60 bits per heavy atom. The van der Waals surface area contributed by atoms with Crippen molar-refractivity contribution in [1.82, 2.24) is 9.88 Å². The number of benzene rings is 1. The number of pyridine rings is 1. The lowest BCUT2D eigenvalue weighted by atomic mass is 9.99. The van der Waals surface area contributed by atoms with Crippen LogP contribution in [-0.4, -0.2) is 33.3 Å². The van der Waals surface area contributed by atoms with Crippen molar-refractivity contribution in [2.45, 2.75) is 19.5 Å². The fourth-order valence-electron chi connectivity index (χ4n) is 3.51. The van der Waals surface area contributed by atoms with Crippen LogP contribution in [0.3, 0.4) is 0 Å². The van der Waals surface area contributed by atoms with Crippen LogP contribution in [0.1, 0.15) is 29.0 Å². The van der Waals surface area contributed by atoms with Gasteiger partial charge in [0, 0.05) is 29.4 Å². The molecule has 2 aromatic heterocycles. The van der Waals surface area contributed by atoms with Crippen LogP contribution in [0.25, 0.3) is 5.76 Å². The summed E-state index contributed by atoms with van der Waals surface area (Å²) in [6, 6.07) is 13.5. The van der Waals surface area contributed by atoms with Crippen molar-refractivity contribution < 1.29 is 19.4 Å². The average Bonchev–Trinajstić information content (AvgIpc) is 3.38. The molecular formula is C23H20N2O4S. The number of aromatic nitrogens is 1. The van der Waals surface area contributed by atoms with Crippen molar-refractivity contribution in [2.75, 3.05) is 6.61 Å². The largest absolute Gasteiger partial charge is 0.507 e. The molecule has 1 saturated heterocycles. The van der Waals surface area contributed by atoms with Crippen LogP contribution < -0.4 is 4.74 Å². The van der Waals surface area contributed by atoms with E-state index in [1.165, 1.54) is 16.2 Å². The van der Waals surface area contributed by atoms with E-state index < -0.39 is 17.7 Å². The Bertz CT molecular complexity index is 1080. The van der Waals surface area contributed by atoms with Gasteiger partial charge < -0.3 is 14.7 Å². The Morgan fingerprint density at radius 1 is 1.17 bits per heavy atom. The second-order valence-electron chi connectivity index (χ2n) is 6.76. The zero-order valence-electron chi connectivity index (χ0n) is 16.3. The number of rotatable bonds is 6. The number of Topliss-reactive ketones (excluding diaryl/α,β-unsaturated/α-hetero) is 1. The minimum absolute atomic E-state index is 0.0931. The van der Waals surface area contributed by atoms with E-state index in [2.05, 4.69) is 4.98 Å². The molecule has 1 aromatic carbocycles. The first-order chi connectivity index (χ1) is 14.6. The lowest BCUT2D eigenvalue weighted by Gasteiger charge is -2.24. The molecule has 0 bridgehead atoms. The fourth-order valence-corrected chi connectivity index (χ4v) is 4.35. The highest BCUT2D eigenvalue weighted by Gasteiger charge is 2.46. The Hall–Kier alpha value is -3.45. The van der Waals surface area contributed by atoms with Crippen LogP contribution >= 0.6 is 11.3 Å². The van der Waals surface area contributed by atoms with Crippen molar-refractivity contribution in [2.24, 2.45) is 0 Å². The third kappa shape index (κ3) is 3.71. The van der Waals surface area contributed by atoms with Gasteiger partial charge in [0.2, 0.25) is 0 Å². The molecular weight excluding hydrogens is 400 g/mol. The van der Waals surface area contributed by atoms with Crippen molar-refractivity contribution in [3.05, 3.63) is 87.9 Å². The Labute approximate surface area is 178 Å². The van der Waals surface area contributed by atoms with Gasteiger partial charge in [-0.2, -0.15) is 0 Å². The maximum absolute atomic E-state index is 13.0. The van der Waals surface area contributed by atoms with Crippen molar-refractivity contribution >= 4 is 28.8 Å². The molecule has 1 amide bonds. The number of hydrogen-bond acceptors (Lipinski definition) is 6. The molecule has 7 heteroatoms. The summed E-state index contributed by atoms with van der Waals surface area (Å²) < 4.78 is 5.44. The summed E-state index contributed by atoms with van der Waals surface area (Å²) in [7, 11) is 0. The van der Waals surface area contributed by atoms with E-state index in [4.69, 9.17) is 4.74 Å². The van der Waals surface area contributed by atoms with Gasteiger partial charge in [-0.3, -0.25) is 14.6 Å². The van der Waals surface area contributed by atoms with Crippen molar-refractivity contribution in [1.29, 1.82) is 0 Å². The first-order valence-electron chi connectivity index (χ1n) is 9.54. The monoisotopic (exact) mass is 420 g/mol. The zero-order chi connectivity index (χ0) is 21.1. The molecule has 152 valence electrons. The summed E-state index contributed by atoms with van der Waals surface area (Å²) in [6.07, 6.45) is 3.32. The maximum atomic E-state index is 13.0. The zero-order valence-corrected chi connectivity index (χ0v) is 17.1. The van der Waals surface area contributed by atoms with Gasteiger partial charge in [0.15, 0.2) is 0 Å². The third-order valence-electron chi connectivity index (χ3n) is 4.87. The van der Waals surface area contributed by atoms with Crippen molar-refractivity contribution in [3.63, 3.8) is 0 Å².